The van der Waals surface area contributed by atoms with Crippen molar-refractivity contribution in [2.24, 2.45) is 0 Å². The number of para-hydroxylation sites is 2. The molecule has 11 aromatic carbocycles. The lowest BCUT2D eigenvalue weighted by Crippen LogP contribution is -2.40. The molecule has 1 aromatic heterocycles. The summed E-state index contributed by atoms with van der Waals surface area (Å²) in [5.41, 5.74) is 24.8. The Morgan fingerprint density at radius 1 is 0.343 bits per heavy atom. The van der Waals surface area contributed by atoms with Crippen LogP contribution in [0.4, 0.5) is 17.1 Å². The van der Waals surface area contributed by atoms with E-state index in [4.69, 9.17) is 0 Å². The Hall–Kier alpha value is -8.72. The number of fused-ring (bicyclic) bond motifs is 13. The van der Waals surface area contributed by atoms with E-state index < -0.39 is 5.41 Å². The molecule has 70 heavy (non-hydrogen) atoms. The molecule has 328 valence electrons. The summed E-state index contributed by atoms with van der Waals surface area (Å²) in [4.78, 5) is 2.36. The molecule has 15 rings (SSSR count). The van der Waals surface area contributed by atoms with Gasteiger partial charge in [-0.05, 0) is 132 Å². The number of anilines is 3. The fourth-order valence-electron chi connectivity index (χ4n) is 13.1. The first-order chi connectivity index (χ1) is 34.5. The summed E-state index contributed by atoms with van der Waals surface area (Å²) >= 11 is 0. The van der Waals surface area contributed by atoms with Gasteiger partial charge in [0, 0.05) is 44.4 Å². The molecular formula is C68H46N2. The molecule has 2 heterocycles. The van der Waals surface area contributed by atoms with Crippen LogP contribution in [0.5, 0.6) is 0 Å². The highest BCUT2D eigenvalue weighted by atomic mass is 15.1. The maximum absolute atomic E-state index is 2.61. The highest BCUT2D eigenvalue weighted by Crippen LogP contribution is 2.66. The zero-order valence-electron chi connectivity index (χ0n) is 39.0. The van der Waals surface area contributed by atoms with Gasteiger partial charge >= 0.3 is 0 Å². The van der Waals surface area contributed by atoms with E-state index >= 15 is 0 Å². The molecule has 0 atom stereocenters. The fourth-order valence-corrected chi connectivity index (χ4v) is 13.1. The first-order valence-electron chi connectivity index (χ1n) is 24.6. The highest BCUT2D eigenvalue weighted by Gasteiger charge is 2.54. The summed E-state index contributed by atoms with van der Waals surface area (Å²) in [6.07, 6.45) is 0. The van der Waals surface area contributed by atoms with Gasteiger partial charge in [-0.15, -0.1) is 0 Å². The van der Waals surface area contributed by atoms with Gasteiger partial charge in [0.15, 0.2) is 0 Å². The van der Waals surface area contributed by atoms with E-state index in [1.165, 1.54) is 116 Å². The second kappa shape index (κ2) is 14.4. The maximum Gasteiger partial charge on any atom is 0.0720 e. The van der Waals surface area contributed by atoms with Crippen molar-refractivity contribution in [1.82, 2.24) is 4.57 Å². The smallest absolute Gasteiger partial charge is 0.0720 e. The van der Waals surface area contributed by atoms with E-state index in [1.807, 2.05) is 0 Å². The molecule has 2 aliphatic carbocycles. The third-order valence-corrected chi connectivity index (χ3v) is 16.2. The Balaban J connectivity index is 0.927. The van der Waals surface area contributed by atoms with Crippen LogP contribution >= 0.6 is 0 Å². The van der Waals surface area contributed by atoms with Crippen molar-refractivity contribution >= 4 is 49.6 Å². The van der Waals surface area contributed by atoms with Gasteiger partial charge in [-0.1, -0.05) is 202 Å². The molecule has 3 aliphatic rings. The highest BCUT2D eigenvalue weighted by molar-refractivity contribution is 6.19. The average molecular weight is 891 g/mol. The molecule has 2 nitrogen and oxygen atoms in total. The normalized spacial score (nSPS) is 14.1. The third-order valence-electron chi connectivity index (χ3n) is 16.2. The van der Waals surface area contributed by atoms with Crippen molar-refractivity contribution in [2.75, 3.05) is 4.90 Å². The summed E-state index contributed by atoms with van der Waals surface area (Å²) in [5.74, 6) is 0. The van der Waals surface area contributed by atoms with Crippen LogP contribution in [-0.2, 0) is 10.8 Å². The van der Waals surface area contributed by atoms with Gasteiger partial charge in [0.25, 0.3) is 0 Å². The van der Waals surface area contributed by atoms with Gasteiger partial charge < -0.3 is 9.47 Å². The SMILES string of the molecule is CC1(C)c2ccccc2C2(c3ccccc31)c1cccc3c1-c1c2ccc2c4ccccc4n(c12)-c1cc(-c2ccc4ccc(N(c5ccccc5)c5ccc(-c6ccccc6)cc5)cc4c2)ccc1-3. The predicted octanol–water partition coefficient (Wildman–Crippen LogP) is 17.7. The van der Waals surface area contributed by atoms with E-state index in [0.29, 0.717) is 0 Å². The summed E-state index contributed by atoms with van der Waals surface area (Å²) < 4.78 is 2.61. The van der Waals surface area contributed by atoms with Crippen LogP contribution in [0, 0.1) is 0 Å². The lowest BCUT2D eigenvalue weighted by Gasteiger charge is -2.46. The first-order valence-corrected chi connectivity index (χ1v) is 24.6. The van der Waals surface area contributed by atoms with Crippen LogP contribution in [0.15, 0.2) is 243 Å². The Labute approximate surface area is 408 Å². The zero-order chi connectivity index (χ0) is 46.3. The number of rotatable bonds is 5. The minimum atomic E-state index is -0.470. The molecule has 0 saturated heterocycles. The molecule has 0 N–H and O–H groups in total. The van der Waals surface area contributed by atoms with E-state index in [1.54, 1.807) is 0 Å². The molecule has 0 saturated carbocycles. The van der Waals surface area contributed by atoms with Crippen LogP contribution in [-0.4, -0.2) is 4.57 Å². The number of hydrogen-bond acceptors (Lipinski definition) is 1. The summed E-state index contributed by atoms with van der Waals surface area (Å²) in [7, 11) is 0. The van der Waals surface area contributed by atoms with Gasteiger partial charge in [0.1, 0.15) is 0 Å². The second-order valence-electron chi connectivity index (χ2n) is 20.0. The third kappa shape index (κ3) is 5.23. The van der Waals surface area contributed by atoms with Crippen LogP contribution in [0.1, 0.15) is 47.2 Å². The lowest BCUT2D eigenvalue weighted by molar-refractivity contribution is 0.563. The van der Waals surface area contributed by atoms with Gasteiger partial charge in [-0.2, -0.15) is 0 Å². The van der Waals surface area contributed by atoms with Crippen LogP contribution in [0.25, 0.3) is 82.8 Å². The minimum Gasteiger partial charge on any atom is -0.310 e. The monoisotopic (exact) mass is 890 g/mol. The van der Waals surface area contributed by atoms with Crippen molar-refractivity contribution in [3.63, 3.8) is 0 Å². The van der Waals surface area contributed by atoms with Crippen molar-refractivity contribution in [3.05, 3.63) is 276 Å². The summed E-state index contributed by atoms with van der Waals surface area (Å²) in [6.45, 7) is 4.81. The van der Waals surface area contributed by atoms with Gasteiger partial charge in [0.05, 0.1) is 22.1 Å². The topological polar surface area (TPSA) is 8.17 Å². The Morgan fingerprint density at radius 2 is 0.914 bits per heavy atom. The van der Waals surface area contributed by atoms with Crippen molar-refractivity contribution in [2.45, 2.75) is 24.7 Å². The van der Waals surface area contributed by atoms with Crippen molar-refractivity contribution < 1.29 is 0 Å². The quantitative estimate of drug-likeness (QED) is 0.167. The van der Waals surface area contributed by atoms with Crippen molar-refractivity contribution in [1.29, 1.82) is 0 Å². The fraction of sp³-hybridized carbons (Fsp3) is 0.0588. The van der Waals surface area contributed by atoms with Crippen molar-refractivity contribution in [3.8, 4) is 50.2 Å². The van der Waals surface area contributed by atoms with E-state index in [-0.39, 0.29) is 5.41 Å². The predicted molar refractivity (Wildman–Crippen MR) is 292 cm³/mol. The number of benzene rings is 11. The van der Waals surface area contributed by atoms with Crippen LogP contribution < -0.4 is 4.90 Å². The average Bonchev–Trinajstić information content (AvgIpc) is 3.89. The summed E-state index contributed by atoms with van der Waals surface area (Å²) in [5, 5.41) is 4.97. The number of aromatic nitrogens is 1. The summed E-state index contributed by atoms with van der Waals surface area (Å²) in [6, 6.07) is 90.9. The Morgan fingerprint density at radius 3 is 1.69 bits per heavy atom. The second-order valence-corrected chi connectivity index (χ2v) is 20.0. The van der Waals surface area contributed by atoms with E-state index in [0.717, 1.165) is 17.1 Å². The Bertz CT molecular complexity index is 4090. The zero-order valence-corrected chi connectivity index (χ0v) is 39.0. The minimum absolute atomic E-state index is 0.154. The molecule has 1 aliphatic heterocycles. The molecule has 12 aromatic rings. The molecule has 0 unspecified atom stereocenters. The van der Waals surface area contributed by atoms with Gasteiger partial charge in [0.2, 0.25) is 0 Å². The molecule has 0 radical (unpaired) electrons. The molecule has 0 amide bonds. The van der Waals surface area contributed by atoms with Gasteiger partial charge in [-0.3, -0.25) is 0 Å². The van der Waals surface area contributed by atoms with Crippen LogP contribution in [0.2, 0.25) is 0 Å². The first kappa shape index (κ1) is 39.3. The largest absolute Gasteiger partial charge is 0.310 e. The van der Waals surface area contributed by atoms with E-state index in [2.05, 4.69) is 266 Å². The molecule has 0 fully saturated rings. The lowest BCUT2D eigenvalue weighted by atomic mass is 9.55. The van der Waals surface area contributed by atoms with Crippen LogP contribution in [0.3, 0.4) is 0 Å². The Kier molecular flexibility index (Phi) is 8.08. The number of hydrogen-bond donors (Lipinski definition) is 0. The van der Waals surface area contributed by atoms with Gasteiger partial charge in [-0.25, -0.2) is 0 Å². The maximum atomic E-state index is 2.61. The number of nitrogens with zero attached hydrogens (tertiary/aromatic N) is 2. The molecule has 1 spiro atoms. The molecule has 0 bridgehead atoms. The molecular weight excluding hydrogens is 845 g/mol. The standard InChI is InChI=1S/C68H46N2/c1-67(2)56-22-10-12-24-58(56)68(59-25-13-11-23-57(59)67)60-26-15-21-54-53-37-33-47(42-63(53)70-62-27-14-9-20-52(62)55-38-39-61(68)65(64(54)60)66(55)70)46-29-28-45-32-36-51(41-48(45)40-46)69(49-18-7-4-8-19-49)50-34-30-44(31-35-50)43-16-5-3-6-17-43/h3-42H,1-2H3. The van der Waals surface area contributed by atoms with E-state index in [9.17, 15) is 0 Å². The molecule has 2 heteroatoms.